The molecule has 0 saturated heterocycles. The maximum atomic E-state index is 13.3. The van der Waals surface area contributed by atoms with Gasteiger partial charge in [0.2, 0.25) is 0 Å². The van der Waals surface area contributed by atoms with E-state index in [9.17, 15) is 21.6 Å². The number of pyridine rings is 2. The van der Waals surface area contributed by atoms with Crippen molar-refractivity contribution in [2.75, 3.05) is 0 Å². The number of hydrogen-bond donors (Lipinski definition) is 0. The van der Waals surface area contributed by atoms with Gasteiger partial charge in [0.1, 0.15) is 9.79 Å². The zero-order valence-electron chi connectivity index (χ0n) is 16.2. The number of fused-ring (bicyclic) bond motifs is 2. The van der Waals surface area contributed by atoms with Crippen LogP contribution in [0.2, 0.25) is 0 Å². The molecular weight excluding hydrogens is 452 g/mol. The number of nitrogens with zero attached hydrogens (tertiary/aromatic N) is 4. The first-order valence-electron chi connectivity index (χ1n) is 9.30. The van der Waals surface area contributed by atoms with Crippen LogP contribution in [0.4, 0.5) is 0 Å². The maximum absolute atomic E-state index is 13.3. The van der Waals surface area contributed by atoms with Crippen LogP contribution in [0, 0.1) is 0 Å². The van der Waals surface area contributed by atoms with Gasteiger partial charge in [0.25, 0.3) is 20.0 Å². The summed E-state index contributed by atoms with van der Waals surface area (Å²) in [5.41, 5.74) is -0.891. The highest BCUT2D eigenvalue weighted by Crippen LogP contribution is 2.24. The summed E-state index contributed by atoms with van der Waals surface area (Å²) in [6.07, 6.45) is 4.70. The van der Waals surface area contributed by atoms with E-state index in [1.54, 1.807) is 36.4 Å². The molecule has 0 unspecified atom stereocenters. The summed E-state index contributed by atoms with van der Waals surface area (Å²) >= 11 is 0. The lowest BCUT2D eigenvalue weighted by Crippen LogP contribution is -2.33. The molecule has 0 amide bonds. The lowest BCUT2D eigenvalue weighted by Gasteiger charge is -2.09. The van der Waals surface area contributed by atoms with Gasteiger partial charge in [-0.2, -0.15) is 7.94 Å². The van der Waals surface area contributed by atoms with Gasteiger partial charge in [-0.25, -0.2) is 21.6 Å². The van der Waals surface area contributed by atoms with E-state index in [4.69, 9.17) is 0 Å². The minimum atomic E-state index is -4.42. The van der Waals surface area contributed by atoms with Gasteiger partial charge in [0.05, 0.1) is 11.0 Å². The lowest BCUT2D eigenvalue weighted by atomic mass is 10.2. The zero-order chi connectivity index (χ0) is 22.5. The zero-order valence-corrected chi connectivity index (χ0v) is 17.9. The normalized spacial score (nSPS) is 12.4. The van der Waals surface area contributed by atoms with Crippen molar-refractivity contribution in [2.45, 2.75) is 9.79 Å². The fourth-order valence-corrected chi connectivity index (χ4v) is 6.32. The Kier molecular flexibility index (Phi) is 4.46. The molecule has 0 atom stereocenters. The van der Waals surface area contributed by atoms with E-state index < -0.39 is 25.7 Å². The molecule has 2 aromatic carbocycles. The molecule has 3 heterocycles. The van der Waals surface area contributed by atoms with Crippen molar-refractivity contribution in [3.05, 3.63) is 95.9 Å². The number of benzene rings is 2. The van der Waals surface area contributed by atoms with Crippen LogP contribution >= 0.6 is 0 Å². The predicted octanol–water partition coefficient (Wildman–Crippen LogP) is 2.22. The molecule has 5 aromatic rings. The van der Waals surface area contributed by atoms with E-state index in [0.29, 0.717) is 18.7 Å². The fraction of sp³-hybridized carbons (Fsp3) is 0. The van der Waals surface area contributed by atoms with Gasteiger partial charge in [-0.15, -0.1) is 0 Å². The summed E-state index contributed by atoms with van der Waals surface area (Å²) in [7, 11) is -8.84. The van der Waals surface area contributed by atoms with Crippen LogP contribution < -0.4 is 5.69 Å². The fourth-order valence-electron chi connectivity index (χ4n) is 3.49. The minimum absolute atomic E-state index is 0.177. The van der Waals surface area contributed by atoms with Gasteiger partial charge in [0.15, 0.2) is 0 Å². The molecule has 11 heteroatoms. The summed E-state index contributed by atoms with van der Waals surface area (Å²) in [4.78, 5) is 20.8. The highest BCUT2D eigenvalue weighted by atomic mass is 32.2. The number of para-hydroxylation sites is 2. The molecule has 0 fully saturated rings. The Morgan fingerprint density at radius 3 is 1.44 bits per heavy atom. The van der Waals surface area contributed by atoms with E-state index in [1.165, 1.54) is 36.7 Å². The second-order valence-electron chi connectivity index (χ2n) is 6.84. The third-order valence-electron chi connectivity index (χ3n) is 4.98. The molecule has 0 N–H and O–H groups in total. The molecule has 0 saturated carbocycles. The van der Waals surface area contributed by atoms with Gasteiger partial charge in [-0.05, 0) is 24.3 Å². The predicted molar refractivity (Wildman–Crippen MR) is 117 cm³/mol. The van der Waals surface area contributed by atoms with E-state index in [0.717, 1.165) is 12.4 Å². The first-order chi connectivity index (χ1) is 15.3. The molecule has 9 nitrogen and oxygen atoms in total. The molecule has 160 valence electrons. The second-order valence-corrected chi connectivity index (χ2v) is 10.4. The average Bonchev–Trinajstić information content (AvgIpc) is 3.21. The van der Waals surface area contributed by atoms with Crippen molar-refractivity contribution >= 4 is 41.9 Å². The van der Waals surface area contributed by atoms with Crippen molar-refractivity contribution in [2.24, 2.45) is 0 Å². The Morgan fingerprint density at radius 2 is 1.00 bits per heavy atom. The molecule has 5 rings (SSSR count). The minimum Gasteiger partial charge on any atom is -0.255 e. The maximum Gasteiger partial charge on any atom is 0.356 e. The highest BCUT2D eigenvalue weighted by Gasteiger charge is 2.28. The van der Waals surface area contributed by atoms with Crippen molar-refractivity contribution in [3.63, 3.8) is 0 Å². The molecular formula is C21H14N4O5S2. The molecule has 0 aliphatic rings. The van der Waals surface area contributed by atoms with E-state index in [2.05, 4.69) is 9.97 Å². The topological polar surface area (TPSA) is 121 Å². The SMILES string of the molecule is O=c1n(S(=O)(=O)c2cccc3cccnc23)ccn1S(=O)(=O)c1cccc2cccnc12. The summed E-state index contributed by atoms with van der Waals surface area (Å²) in [6.45, 7) is 0. The van der Waals surface area contributed by atoms with Crippen molar-refractivity contribution in [3.8, 4) is 0 Å². The van der Waals surface area contributed by atoms with Gasteiger partial charge in [-0.1, -0.05) is 36.4 Å². The monoisotopic (exact) mass is 466 g/mol. The van der Waals surface area contributed by atoms with E-state index >= 15 is 0 Å². The Bertz CT molecular complexity index is 1650. The largest absolute Gasteiger partial charge is 0.356 e. The van der Waals surface area contributed by atoms with Crippen LogP contribution in [-0.2, 0) is 20.0 Å². The molecule has 0 aliphatic heterocycles. The Morgan fingerprint density at radius 1 is 0.594 bits per heavy atom. The lowest BCUT2D eigenvalue weighted by molar-refractivity contribution is 0.581. The molecule has 0 bridgehead atoms. The van der Waals surface area contributed by atoms with Crippen LogP contribution in [0.25, 0.3) is 21.8 Å². The number of aromatic nitrogens is 4. The molecule has 0 radical (unpaired) electrons. The third kappa shape index (κ3) is 2.93. The smallest absolute Gasteiger partial charge is 0.255 e. The average molecular weight is 467 g/mol. The summed E-state index contributed by atoms with van der Waals surface area (Å²) in [5.74, 6) is 0. The van der Waals surface area contributed by atoms with Gasteiger partial charge < -0.3 is 0 Å². The Hall–Kier alpha value is -3.83. The number of rotatable bonds is 4. The van der Waals surface area contributed by atoms with Crippen LogP contribution in [-0.4, -0.2) is 34.7 Å². The molecule has 3 aromatic heterocycles. The second kappa shape index (κ2) is 7.11. The van der Waals surface area contributed by atoms with Crippen LogP contribution in [0.1, 0.15) is 0 Å². The summed E-state index contributed by atoms with van der Waals surface area (Å²) in [5, 5.41) is 1.13. The molecule has 0 aliphatic carbocycles. The number of imidazole rings is 1. The van der Waals surface area contributed by atoms with E-state index in [-0.39, 0.29) is 20.8 Å². The summed E-state index contributed by atoms with van der Waals surface area (Å²) in [6, 6.07) is 15.8. The standard InChI is InChI=1S/C21H14N4O5S2/c26-21-24(31(27,28)17-9-1-5-15-7-3-11-22-19(15)17)13-14-25(21)32(29,30)18-10-2-6-16-8-4-12-23-20(16)18/h1-14H. The van der Waals surface area contributed by atoms with Gasteiger partial charge >= 0.3 is 5.69 Å². The molecule has 32 heavy (non-hydrogen) atoms. The van der Waals surface area contributed by atoms with Crippen molar-refractivity contribution < 1.29 is 16.8 Å². The quantitative estimate of drug-likeness (QED) is 0.398. The van der Waals surface area contributed by atoms with Crippen LogP contribution in [0.3, 0.4) is 0 Å². The van der Waals surface area contributed by atoms with Crippen LogP contribution in [0.5, 0.6) is 0 Å². The van der Waals surface area contributed by atoms with Crippen molar-refractivity contribution in [1.82, 2.24) is 17.9 Å². The molecule has 0 spiro atoms. The Labute approximate surface area is 182 Å². The van der Waals surface area contributed by atoms with Gasteiger partial charge in [0, 0.05) is 35.6 Å². The summed E-state index contributed by atoms with van der Waals surface area (Å²) < 4.78 is 53.8. The highest BCUT2D eigenvalue weighted by molar-refractivity contribution is 7.91. The van der Waals surface area contributed by atoms with Crippen molar-refractivity contribution in [1.29, 1.82) is 0 Å². The van der Waals surface area contributed by atoms with E-state index in [1.807, 2.05) is 0 Å². The number of hydrogen-bond acceptors (Lipinski definition) is 7. The third-order valence-corrected chi connectivity index (χ3v) is 8.34. The first kappa shape index (κ1) is 20.1. The Balaban J connectivity index is 1.70. The van der Waals surface area contributed by atoms with Gasteiger partial charge in [-0.3, -0.25) is 9.97 Å². The van der Waals surface area contributed by atoms with Crippen LogP contribution in [0.15, 0.2) is 100 Å². The first-order valence-corrected chi connectivity index (χ1v) is 12.2.